The Balaban J connectivity index is 4.75. The SMILES string of the molecule is CCCCC/C=C\C/C=C\CCCCCCCC[O][Zr](=[O])([CH2]CCCCCCC/C=C\C/C=C\CCCCC)([CH2]CCCCCCC/C=C\C/C=C\CCCCC)[O]C(C)C. The van der Waals surface area contributed by atoms with E-state index in [0.717, 1.165) is 57.8 Å². The molecule has 0 amide bonds. The molecule has 3 nitrogen and oxygen atoms in total. The summed E-state index contributed by atoms with van der Waals surface area (Å²) in [6.45, 7) is 11.5. The van der Waals surface area contributed by atoms with Gasteiger partial charge in [-0.1, -0.05) is 83.6 Å². The Morgan fingerprint density at radius 3 is 0.902 bits per heavy atom. The van der Waals surface area contributed by atoms with Gasteiger partial charge in [0.25, 0.3) is 0 Å². The molecule has 4 heteroatoms. The van der Waals surface area contributed by atoms with Gasteiger partial charge < -0.3 is 0 Å². The van der Waals surface area contributed by atoms with Crippen LogP contribution in [0.4, 0.5) is 0 Å². The zero-order chi connectivity index (χ0) is 44.5. The molecule has 0 atom stereocenters. The molecule has 0 aliphatic heterocycles. The van der Waals surface area contributed by atoms with Crippen molar-refractivity contribution in [2.24, 2.45) is 0 Å². The Bertz CT molecular complexity index is 1090. The van der Waals surface area contributed by atoms with E-state index in [2.05, 4.69) is 108 Å². The molecule has 0 N–H and O–H groups in total. The number of unbranched alkanes of at least 4 members (excludes halogenated alkanes) is 27. The maximum atomic E-state index is 15.3. The van der Waals surface area contributed by atoms with Crippen LogP contribution < -0.4 is 0 Å². The molecule has 356 valence electrons. The summed E-state index contributed by atoms with van der Waals surface area (Å²) in [6, 6.07) is 0. The van der Waals surface area contributed by atoms with Crippen LogP contribution in [0, 0.1) is 0 Å². The molecule has 0 rings (SSSR count). The Morgan fingerprint density at radius 2 is 0.607 bits per heavy atom. The summed E-state index contributed by atoms with van der Waals surface area (Å²) in [5.74, 6) is 0. The molecule has 0 aliphatic rings. The molecule has 61 heavy (non-hydrogen) atoms. The van der Waals surface area contributed by atoms with Crippen LogP contribution in [0.3, 0.4) is 0 Å². The van der Waals surface area contributed by atoms with Crippen molar-refractivity contribution in [3.8, 4) is 0 Å². The van der Waals surface area contributed by atoms with E-state index in [9.17, 15) is 0 Å². The van der Waals surface area contributed by atoms with Crippen LogP contribution >= 0.6 is 0 Å². The van der Waals surface area contributed by atoms with Gasteiger partial charge in [-0.05, 0) is 38.5 Å². The van der Waals surface area contributed by atoms with E-state index in [0.29, 0.717) is 14.9 Å². The van der Waals surface area contributed by atoms with Crippen LogP contribution in [0.25, 0.3) is 0 Å². The van der Waals surface area contributed by atoms with E-state index < -0.39 is 19.7 Å². The first-order valence-electron chi connectivity index (χ1n) is 27.0. The predicted molar refractivity (Wildman–Crippen MR) is 271 cm³/mol. The second-order valence-corrected chi connectivity index (χ2v) is 29.1. The van der Waals surface area contributed by atoms with Gasteiger partial charge in [0.1, 0.15) is 0 Å². The molecule has 0 unspecified atom stereocenters. The average molecular weight is 931 g/mol. The number of rotatable bonds is 48. The Hall–Kier alpha value is -0.957. The molecule has 0 fully saturated rings. The van der Waals surface area contributed by atoms with E-state index in [1.807, 2.05) is 0 Å². The first kappa shape index (κ1) is 60.0. The summed E-state index contributed by atoms with van der Waals surface area (Å²) < 4.78 is 29.9. The zero-order valence-corrected chi connectivity index (χ0v) is 44.3. The van der Waals surface area contributed by atoms with Gasteiger partial charge in [-0.25, -0.2) is 0 Å². The second-order valence-electron chi connectivity index (χ2n) is 18.6. The van der Waals surface area contributed by atoms with Gasteiger partial charge in [-0.3, -0.25) is 0 Å². The van der Waals surface area contributed by atoms with Crippen molar-refractivity contribution in [1.29, 1.82) is 0 Å². The molecular weight excluding hydrogens is 824 g/mol. The fourth-order valence-corrected chi connectivity index (χ4v) is 19.0. The zero-order valence-electron chi connectivity index (χ0n) is 41.8. The molecule has 0 aromatic carbocycles. The van der Waals surface area contributed by atoms with E-state index in [-0.39, 0.29) is 6.10 Å². The summed E-state index contributed by atoms with van der Waals surface area (Å²) in [4.78, 5) is 0. The third kappa shape index (κ3) is 44.0. The number of allylic oxidation sites excluding steroid dienone is 12. The Labute approximate surface area is 385 Å². The monoisotopic (exact) mass is 929 g/mol. The van der Waals surface area contributed by atoms with Gasteiger partial charge in [0.2, 0.25) is 0 Å². The summed E-state index contributed by atoms with van der Waals surface area (Å²) in [6.07, 6.45) is 71.8. The second kappa shape index (κ2) is 47.0. The number of hydrogen-bond donors (Lipinski definition) is 0. The maximum absolute atomic E-state index is 15.3. The summed E-state index contributed by atoms with van der Waals surface area (Å²) in [5.41, 5.74) is 0. The fourth-order valence-electron chi connectivity index (χ4n) is 8.25. The van der Waals surface area contributed by atoms with Crippen LogP contribution in [-0.4, -0.2) is 12.7 Å². The molecule has 0 bridgehead atoms. The van der Waals surface area contributed by atoms with Gasteiger partial charge in [-0.15, -0.1) is 0 Å². The first-order chi connectivity index (χ1) is 29.9. The molecule has 0 spiro atoms. The molecule has 0 aliphatic carbocycles. The van der Waals surface area contributed by atoms with Crippen LogP contribution in [0.1, 0.15) is 266 Å². The quantitative estimate of drug-likeness (QED) is 0.0450. The molecule has 0 saturated carbocycles. The van der Waals surface area contributed by atoms with E-state index >= 15 is 2.81 Å². The summed E-state index contributed by atoms with van der Waals surface area (Å²) in [5, 5.41) is 0. The van der Waals surface area contributed by atoms with Gasteiger partial charge in [-0.2, -0.15) is 0 Å². The number of hydrogen-bond acceptors (Lipinski definition) is 3. The van der Waals surface area contributed by atoms with Crippen molar-refractivity contribution in [2.75, 3.05) is 6.61 Å². The van der Waals surface area contributed by atoms with E-state index in [1.165, 1.54) is 173 Å². The van der Waals surface area contributed by atoms with Crippen LogP contribution in [0.5, 0.6) is 0 Å². The van der Waals surface area contributed by atoms with Crippen molar-refractivity contribution in [3.05, 3.63) is 72.9 Å². The minimum absolute atomic E-state index is 0.0618. The predicted octanol–water partition coefficient (Wildman–Crippen LogP) is 20.6. The van der Waals surface area contributed by atoms with Crippen LogP contribution in [0.15, 0.2) is 72.9 Å². The molecule has 0 saturated heterocycles. The van der Waals surface area contributed by atoms with Crippen molar-refractivity contribution >= 4 is 0 Å². The van der Waals surface area contributed by atoms with Gasteiger partial charge >= 0.3 is 266 Å². The van der Waals surface area contributed by atoms with Crippen LogP contribution in [0.2, 0.25) is 8.26 Å². The van der Waals surface area contributed by atoms with Gasteiger partial charge in [0.15, 0.2) is 0 Å². The van der Waals surface area contributed by atoms with Crippen molar-refractivity contribution < 1.29 is 28.1 Å². The van der Waals surface area contributed by atoms with Crippen molar-refractivity contribution in [2.45, 2.75) is 280 Å². The summed E-state index contributed by atoms with van der Waals surface area (Å²) in [7, 11) is 0. The Morgan fingerprint density at radius 1 is 0.344 bits per heavy atom. The third-order valence-corrected chi connectivity index (χ3v) is 23.0. The normalized spacial score (nSPS) is 13.2. The van der Waals surface area contributed by atoms with Gasteiger partial charge in [0, 0.05) is 0 Å². The van der Waals surface area contributed by atoms with E-state index in [4.69, 9.17) is 5.63 Å². The molecule has 0 radical (unpaired) electrons. The van der Waals surface area contributed by atoms with Gasteiger partial charge in [0.05, 0.1) is 0 Å². The Kier molecular flexibility index (Phi) is 46.3. The topological polar surface area (TPSA) is 35.5 Å². The molecule has 0 aromatic rings. The van der Waals surface area contributed by atoms with Crippen molar-refractivity contribution in [1.82, 2.24) is 0 Å². The van der Waals surface area contributed by atoms with Crippen molar-refractivity contribution in [3.63, 3.8) is 0 Å². The third-order valence-electron chi connectivity index (χ3n) is 12.0. The first-order valence-corrected chi connectivity index (χ1v) is 33.5. The summed E-state index contributed by atoms with van der Waals surface area (Å²) >= 11 is -5.09. The standard InChI is InChI=1S/C18H33O.2C18H33.C3H7O.O.Zr/c1-2-3-4-5-6-7-8-9-10-11-12-13-14-15-16-17-18-19;2*1-3-5-7-9-11-13-15-17-18-16-14-12-10-8-6-4-2;1-3(2)4;;/h6-7,9-10H,2-5,8,11-18H2,1H3;2*12,14,17-18H,1,3-11,13,15-16H2,2H3;3H,1-2H3;;/q-1;;;-1;;+2/b7-6-,10-9-;2*14-12-,18-17-;;;. The molecule has 0 heterocycles. The average Bonchev–Trinajstić information content (AvgIpc) is 3.24. The minimum atomic E-state index is -5.09. The fraction of sp³-hybridized carbons (Fsp3) is 0.789. The van der Waals surface area contributed by atoms with E-state index in [1.54, 1.807) is 0 Å². The molecular formula is C57H106O3Zr. The van der Waals surface area contributed by atoms with Crippen LogP contribution in [-0.2, 0) is 28.1 Å². The molecule has 0 aromatic heterocycles.